The summed E-state index contributed by atoms with van der Waals surface area (Å²) in [6.45, 7) is 0.674. The normalized spacial score (nSPS) is 10.2. The number of ether oxygens (including phenoxy) is 4. The molecule has 1 heterocycles. The molecule has 0 bridgehead atoms. The summed E-state index contributed by atoms with van der Waals surface area (Å²) in [5.74, 6) is 1.35. The van der Waals surface area contributed by atoms with Crippen molar-refractivity contribution in [2.24, 2.45) is 0 Å². The summed E-state index contributed by atoms with van der Waals surface area (Å²) < 4.78 is 20.7. The van der Waals surface area contributed by atoms with Crippen LogP contribution in [-0.2, 0) is 16.1 Å². The first kappa shape index (κ1) is 18.5. The maximum Gasteiger partial charge on any atom is 0.319 e. The summed E-state index contributed by atoms with van der Waals surface area (Å²) in [4.78, 5) is 15.6. The minimum absolute atomic E-state index is 0.151. The number of carbonyl (C=O) groups excluding carboxylic acids is 1. The van der Waals surface area contributed by atoms with Crippen LogP contribution >= 0.6 is 0 Å². The monoisotopic (exact) mass is 346 g/mol. The Morgan fingerprint density at radius 2 is 1.72 bits per heavy atom. The Morgan fingerprint density at radius 3 is 2.28 bits per heavy atom. The molecule has 0 saturated heterocycles. The van der Waals surface area contributed by atoms with Crippen molar-refractivity contribution in [3.63, 3.8) is 0 Å². The van der Waals surface area contributed by atoms with E-state index in [2.05, 4.69) is 15.0 Å². The van der Waals surface area contributed by atoms with Crippen LogP contribution in [0.5, 0.6) is 17.2 Å². The van der Waals surface area contributed by atoms with Crippen LogP contribution in [0.3, 0.4) is 0 Å². The van der Waals surface area contributed by atoms with E-state index in [1.54, 1.807) is 27.5 Å². The molecule has 0 fully saturated rings. The molecule has 0 amide bonds. The minimum atomic E-state index is -0.307. The number of carbonyl (C=O) groups is 1. The lowest BCUT2D eigenvalue weighted by Crippen LogP contribution is -2.23. The summed E-state index contributed by atoms with van der Waals surface area (Å²) in [5.41, 5.74) is 2.59. The first-order valence-corrected chi connectivity index (χ1v) is 7.65. The molecule has 1 aromatic heterocycles. The molecule has 2 aromatic rings. The van der Waals surface area contributed by atoms with Crippen LogP contribution in [0.2, 0.25) is 0 Å². The SMILES string of the molecule is COC(=O)CNCc1ccnc(-c2cc(OC)c(OC)c(OC)c2)c1. The van der Waals surface area contributed by atoms with Gasteiger partial charge in [0, 0.05) is 18.3 Å². The third kappa shape index (κ3) is 4.60. The van der Waals surface area contributed by atoms with Crippen LogP contribution in [0, 0.1) is 0 Å². The number of pyridine rings is 1. The van der Waals surface area contributed by atoms with Gasteiger partial charge < -0.3 is 24.3 Å². The topological polar surface area (TPSA) is 78.9 Å². The fraction of sp³-hybridized carbons (Fsp3) is 0.333. The number of methoxy groups -OCH3 is 4. The highest BCUT2D eigenvalue weighted by Gasteiger charge is 2.14. The zero-order valence-corrected chi connectivity index (χ0v) is 14.8. The Kier molecular flexibility index (Phi) is 6.59. The number of nitrogens with zero attached hydrogens (tertiary/aromatic N) is 1. The molecule has 7 nitrogen and oxygen atoms in total. The molecule has 0 spiro atoms. The van der Waals surface area contributed by atoms with Crippen molar-refractivity contribution in [1.82, 2.24) is 10.3 Å². The molecule has 0 atom stereocenters. The number of esters is 1. The van der Waals surface area contributed by atoms with E-state index in [9.17, 15) is 4.79 Å². The number of nitrogens with one attached hydrogen (secondary N) is 1. The minimum Gasteiger partial charge on any atom is -0.493 e. The second-order valence-corrected chi connectivity index (χ2v) is 5.14. The van der Waals surface area contributed by atoms with Crippen LogP contribution in [0.25, 0.3) is 11.3 Å². The molecule has 2 rings (SSSR count). The van der Waals surface area contributed by atoms with Crippen molar-refractivity contribution in [2.75, 3.05) is 35.0 Å². The summed E-state index contributed by atoms with van der Waals surface area (Å²) in [5, 5.41) is 3.02. The van der Waals surface area contributed by atoms with Crippen molar-refractivity contribution in [3.8, 4) is 28.5 Å². The summed E-state index contributed by atoms with van der Waals surface area (Å²) in [6, 6.07) is 7.50. The van der Waals surface area contributed by atoms with Gasteiger partial charge in [-0.2, -0.15) is 0 Å². The van der Waals surface area contributed by atoms with Gasteiger partial charge in [-0.1, -0.05) is 0 Å². The van der Waals surface area contributed by atoms with Gasteiger partial charge >= 0.3 is 5.97 Å². The highest BCUT2D eigenvalue weighted by atomic mass is 16.5. The predicted molar refractivity (Wildman–Crippen MR) is 93.1 cm³/mol. The second-order valence-electron chi connectivity index (χ2n) is 5.14. The van der Waals surface area contributed by atoms with E-state index in [0.717, 1.165) is 16.8 Å². The zero-order valence-electron chi connectivity index (χ0n) is 14.8. The Morgan fingerprint density at radius 1 is 1.04 bits per heavy atom. The molecule has 0 unspecified atom stereocenters. The van der Waals surface area contributed by atoms with Gasteiger partial charge in [-0.15, -0.1) is 0 Å². The third-order valence-electron chi connectivity index (χ3n) is 3.61. The average molecular weight is 346 g/mol. The van der Waals surface area contributed by atoms with E-state index in [1.165, 1.54) is 7.11 Å². The van der Waals surface area contributed by atoms with Gasteiger partial charge in [0.1, 0.15) is 0 Å². The first-order valence-electron chi connectivity index (χ1n) is 7.65. The van der Waals surface area contributed by atoms with Gasteiger partial charge in [-0.25, -0.2) is 0 Å². The molecule has 0 aliphatic rings. The van der Waals surface area contributed by atoms with Crippen LogP contribution < -0.4 is 19.5 Å². The smallest absolute Gasteiger partial charge is 0.319 e. The van der Waals surface area contributed by atoms with Crippen molar-refractivity contribution >= 4 is 5.97 Å². The van der Waals surface area contributed by atoms with E-state index in [1.807, 2.05) is 24.3 Å². The molecular formula is C18H22N2O5. The number of rotatable bonds is 8. The molecule has 25 heavy (non-hydrogen) atoms. The van der Waals surface area contributed by atoms with E-state index < -0.39 is 0 Å². The Balaban J connectivity index is 2.26. The van der Waals surface area contributed by atoms with Crippen LogP contribution in [0.15, 0.2) is 30.5 Å². The van der Waals surface area contributed by atoms with Gasteiger partial charge in [0.15, 0.2) is 11.5 Å². The number of hydrogen-bond acceptors (Lipinski definition) is 7. The molecule has 0 aliphatic heterocycles. The van der Waals surface area contributed by atoms with E-state index in [0.29, 0.717) is 23.8 Å². The fourth-order valence-electron chi connectivity index (χ4n) is 2.35. The van der Waals surface area contributed by atoms with Crippen molar-refractivity contribution < 1.29 is 23.7 Å². The Hall–Kier alpha value is -2.80. The predicted octanol–water partition coefficient (Wildman–Crippen LogP) is 2.04. The lowest BCUT2D eigenvalue weighted by molar-refractivity contribution is -0.139. The fourth-order valence-corrected chi connectivity index (χ4v) is 2.35. The maximum atomic E-state index is 11.2. The van der Waals surface area contributed by atoms with E-state index in [4.69, 9.17) is 14.2 Å². The van der Waals surface area contributed by atoms with Gasteiger partial charge in [0.2, 0.25) is 5.75 Å². The molecule has 7 heteroatoms. The molecule has 134 valence electrons. The first-order chi connectivity index (χ1) is 12.1. The highest BCUT2D eigenvalue weighted by Crippen LogP contribution is 2.40. The molecular weight excluding hydrogens is 324 g/mol. The standard InChI is InChI=1S/C18H22N2O5/c1-22-15-8-13(9-16(23-2)18(15)25-4)14-7-12(5-6-20-14)10-19-11-17(21)24-3/h5-9,19H,10-11H2,1-4H3. The van der Waals surface area contributed by atoms with E-state index >= 15 is 0 Å². The number of aromatic nitrogens is 1. The Labute approximate surface area is 146 Å². The molecule has 0 saturated carbocycles. The maximum absolute atomic E-state index is 11.2. The van der Waals surface area contributed by atoms with Crippen molar-refractivity contribution in [2.45, 2.75) is 6.54 Å². The lowest BCUT2D eigenvalue weighted by Gasteiger charge is -2.14. The second kappa shape index (κ2) is 8.89. The third-order valence-corrected chi connectivity index (χ3v) is 3.61. The van der Waals surface area contributed by atoms with Crippen molar-refractivity contribution in [3.05, 3.63) is 36.0 Å². The van der Waals surface area contributed by atoms with Crippen LogP contribution in [0.1, 0.15) is 5.56 Å². The molecule has 0 aliphatic carbocycles. The summed E-state index contributed by atoms with van der Waals surface area (Å²) in [6.07, 6.45) is 1.72. The zero-order chi connectivity index (χ0) is 18.2. The molecule has 1 N–H and O–H groups in total. The number of benzene rings is 1. The summed E-state index contributed by atoms with van der Waals surface area (Å²) in [7, 11) is 6.06. The Bertz CT molecular complexity index is 708. The molecule has 1 aromatic carbocycles. The van der Waals surface area contributed by atoms with Crippen LogP contribution in [0.4, 0.5) is 0 Å². The van der Waals surface area contributed by atoms with Gasteiger partial charge in [-0.05, 0) is 29.8 Å². The van der Waals surface area contributed by atoms with Crippen molar-refractivity contribution in [1.29, 1.82) is 0 Å². The van der Waals surface area contributed by atoms with Gasteiger partial charge in [-0.3, -0.25) is 9.78 Å². The highest BCUT2D eigenvalue weighted by molar-refractivity contribution is 5.71. The number of hydrogen-bond donors (Lipinski definition) is 1. The molecule has 0 radical (unpaired) electrons. The largest absolute Gasteiger partial charge is 0.493 e. The quantitative estimate of drug-likeness (QED) is 0.733. The van der Waals surface area contributed by atoms with Gasteiger partial charge in [0.05, 0.1) is 40.7 Å². The van der Waals surface area contributed by atoms with Crippen LogP contribution in [-0.4, -0.2) is 45.9 Å². The lowest BCUT2D eigenvalue weighted by atomic mass is 10.1. The summed E-state index contributed by atoms with van der Waals surface area (Å²) >= 11 is 0. The van der Waals surface area contributed by atoms with E-state index in [-0.39, 0.29) is 12.5 Å². The average Bonchev–Trinajstić information content (AvgIpc) is 2.66. The van der Waals surface area contributed by atoms with Gasteiger partial charge in [0.25, 0.3) is 0 Å².